The van der Waals surface area contributed by atoms with Gasteiger partial charge in [-0.15, -0.1) is 11.3 Å². The molecular formula is C15H21N3OS. The third-order valence-electron chi connectivity index (χ3n) is 3.82. The summed E-state index contributed by atoms with van der Waals surface area (Å²) in [6.45, 7) is 6.02. The number of H-pyrrole nitrogens is 1. The number of hydrogen-bond acceptors (Lipinski definition) is 4. The van der Waals surface area contributed by atoms with E-state index in [1.807, 2.05) is 0 Å². The lowest BCUT2D eigenvalue weighted by Crippen LogP contribution is -2.21. The lowest BCUT2D eigenvalue weighted by Gasteiger charge is -2.06. The molecule has 0 spiro atoms. The minimum absolute atomic E-state index is 0.0371. The van der Waals surface area contributed by atoms with Crippen LogP contribution in [-0.2, 0) is 19.4 Å². The Morgan fingerprint density at radius 1 is 1.40 bits per heavy atom. The number of aromatic nitrogens is 2. The first-order valence-corrected chi connectivity index (χ1v) is 8.21. The molecule has 0 bridgehead atoms. The third-order valence-corrected chi connectivity index (χ3v) is 5.00. The van der Waals surface area contributed by atoms with Crippen LogP contribution in [0.1, 0.15) is 43.0 Å². The van der Waals surface area contributed by atoms with Gasteiger partial charge in [-0.05, 0) is 43.7 Å². The van der Waals surface area contributed by atoms with Crippen LogP contribution in [0, 0.1) is 5.92 Å². The number of nitrogens with zero attached hydrogens (tertiary/aromatic N) is 1. The van der Waals surface area contributed by atoms with Crippen molar-refractivity contribution in [2.24, 2.45) is 5.92 Å². The molecule has 0 saturated carbocycles. The molecule has 0 fully saturated rings. The zero-order chi connectivity index (χ0) is 14.1. The number of thiophene rings is 1. The Hall–Kier alpha value is -1.20. The highest BCUT2D eigenvalue weighted by Crippen LogP contribution is 2.34. The van der Waals surface area contributed by atoms with Crippen molar-refractivity contribution in [1.29, 1.82) is 0 Å². The normalized spacial score (nSPS) is 14.3. The van der Waals surface area contributed by atoms with E-state index >= 15 is 0 Å². The molecule has 5 heteroatoms. The number of nitrogens with one attached hydrogen (secondary N) is 2. The zero-order valence-electron chi connectivity index (χ0n) is 12.1. The Morgan fingerprint density at radius 2 is 2.25 bits per heavy atom. The van der Waals surface area contributed by atoms with Crippen molar-refractivity contribution in [2.75, 3.05) is 6.54 Å². The van der Waals surface area contributed by atoms with Crippen LogP contribution in [0.4, 0.5) is 0 Å². The van der Waals surface area contributed by atoms with Gasteiger partial charge in [0.25, 0.3) is 5.56 Å². The van der Waals surface area contributed by atoms with Crippen LogP contribution in [-0.4, -0.2) is 16.5 Å². The van der Waals surface area contributed by atoms with Crippen molar-refractivity contribution in [1.82, 2.24) is 15.3 Å². The van der Waals surface area contributed by atoms with E-state index in [-0.39, 0.29) is 5.56 Å². The number of fused-ring (bicyclic) bond motifs is 3. The van der Waals surface area contributed by atoms with E-state index in [4.69, 9.17) is 0 Å². The predicted octanol–water partition coefficient (Wildman–Crippen LogP) is 2.61. The van der Waals surface area contributed by atoms with Gasteiger partial charge >= 0.3 is 0 Å². The van der Waals surface area contributed by atoms with E-state index in [0.29, 0.717) is 12.5 Å². The van der Waals surface area contributed by atoms with E-state index in [0.717, 1.165) is 41.8 Å². The fourth-order valence-electron chi connectivity index (χ4n) is 2.73. The van der Waals surface area contributed by atoms with Gasteiger partial charge in [0.2, 0.25) is 0 Å². The first-order chi connectivity index (χ1) is 9.65. The molecular weight excluding hydrogens is 270 g/mol. The van der Waals surface area contributed by atoms with E-state index in [1.54, 1.807) is 11.3 Å². The van der Waals surface area contributed by atoms with Gasteiger partial charge in [0.15, 0.2) is 0 Å². The summed E-state index contributed by atoms with van der Waals surface area (Å²) in [6.07, 6.45) is 4.46. The van der Waals surface area contributed by atoms with Crippen LogP contribution in [0.2, 0.25) is 0 Å². The van der Waals surface area contributed by atoms with Crippen molar-refractivity contribution < 1.29 is 0 Å². The van der Waals surface area contributed by atoms with Crippen LogP contribution in [0.15, 0.2) is 4.79 Å². The Bertz CT molecular complexity index is 672. The first-order valence-electron chi connectivity index (χ1n) is 7.39. The SMILES string of the molecule is CC(C)CCNCc1nc2sc3c(c2c(=O)[nH]1)CCC3. The van der Waals surface area contributed by atoms with Crippen molar-refractivity contribution in [3.63, 3.8) is 0 Å². The summed E-state index contributed by atoms with van der Waals surface area (Å²) >= 11 is 1.70. The number of rotatable bonds is 5. The molecule has 4 nitrogen and oxygen atoms in total. The molecule has 1 aliphatic carbocycles. The van der Waals surface area contributed by atoms with Gasteiger partial charge in [-0.3, -0.25) is 4.79 Å². The van der Waals surface area contributed by atoms with E-state index in [2.05, 4.69) is 29.1 Å². The summed E-state index contributed by atoms with van der Waals surface area (Å²) < 4.78 is 0. The molecule has 108 valence electrons. The smallest absolute Gasteiger partial charge is 0.259 e. The molecule has 2 N–H and O–H groups in total. The maximum atomic E-state index is 12.2. The molecule has 20 heavy (non-hydrogen) atoms. The van der Waals surface area contributed by atoms with Gasteiger partial charge < -0.3 is 10.3 Å². The van der Waals surface area contributed by atoms with Crippen LogP contribution in [0.3, 0.4) is 0 Å². The molecule has 3 rings (SSSR count). The summed E-state index contributed by atoms with van der Waals surface area (Å²) in [4.78, 5) is 22.1. The van der Waals surface area contributed by atoms with Crippen molar-refractivity contribution in [3.8, 4) is 0 Å². The van der Waals surface area contributed by atoms with Gasteiger partial charge in [-0.2, -0.15) is 0 Å². The monoisotopic (exact) mass is 291 g/mol. The van der Waals surface area contributed by atoms with Crippen LogP contribution >= 0.6 is 11.3 Å². The fourth-order valence-corrected chi connectivity index (χ4v) is 4.01. The molecule has 0 saturated heterocycles. The van der Waals surface area contributed by atoms with Gasteiger partial charge in [0, 0.05) is 4.88 Å². The second-order valence-corrected chi connectivity index (χ2v) is 6.99. The lowest BCUT2D eigenvalue weighted by atomic mass is 10.1. The Balaban J connectivity index is 1.79. The molecule has 0 aromatic carbocycles. The summed E-state index contributed by atoms with van der Waals surface area (Å²) in [5.74, 6) is 1.45. The Kier molecular flexibility index (Phi) is 3.89. The van der Waals surface area contributed by atoms with Crippen molar-refractivity contribution >= 4 is 21.6 Å². The average Bonchev–Trinajstić information content (AvgIpc) is 2.94. The van der Waals surface area contributed by atoms with Gasteiger partial charge in [0.05, 0.1) is 11.9 Å². The number of aryl methyl sites for hydroxylation is 2. The molecule has 2 aromatic rings. The highest BCUT2D eigenvalue weighted by atomic mass is 32.1. The van der Waals surface area contributed by atoms with E-state index < -0.39 is 0 Å². The molecule has 2 heterocycles. The molecule has 0 unspecified atom stereocenters. The molecule has 1 aliphatic rings. The topological polar surface area (TPSA) is 57.8 Å². The summed E-state index contributed by atoms with van der Waals surface area (Å²) in [6, 6.07) is 0. The number of aromatic amines is 1. The fraction of sp³-hybridized carbons (Fsp3) is 0.600. The molecule has 0 radical (unpaired) electrons. The maximum absolute atomic E-state index is 12.2. The highest BCUT2D eigenvalue weighted by molar-refractivity contribution is 7.18. The Labute approximate surface area is 122 Å². The second-order valence-electron chi connectivity index (χ2n) is 5.91. The number of hydrogen-bond donors (Lipinski definition) is 2. The lowest BCUT2D eigenvalue weighted by molar-refractivity contribution is 0.532. The van der Waals surface area contributed by atoms with Gasteiger partial charge in [0.1, 0.15) is 10.7 Å². The predicted molar refractivity (Wildman–Crippen MR) is 83.4 cm³/mol. The van der Waals surface area contributed by atoms with Crippen LogP contribution < -0.4 is 10.9 Å². The summed E-state index contributed by atoms with van der Waals surface area (Å²) in [7, 11) is 0. The minimum Gasteiger partial charge on any atom is -0.310 e. The quantitative estimate of drug-likeness (QED) is 0.833. The van der Waals surface area contributed by atoms with Gasteiger partial charge in [-0.25, -0.2) is 4.98 Å². The van der Waals surface area contributed by atoms with E-state index in [1.165, 1.54) is 16.9 Å². The molecule has 0 aliphatic heterocycles. The van der Waals surface area contributed by atoms with Crippen molar-refractivity contribution in [3.05, 3.63) is 26.6 Å². The second kappa shape index (κ2) is 5.66. The standard InChI is InChI=1S/C15H21N3OS/c1-9(2)6-7-16-8-12-17-14(19)13-10-4-3-5-11(10)20-15(13)18-12/h9,16H,3-8H2,1-2H3,(H,17,18,19). The van der Waals surface area contributed by atoms with Crippen LogP contribution in [0.25, 0.3) is 10.2 Å². The summed E-state index contributed by atoms with van der Waals surface area (Å²) in [5, 5.41) is 4.19. The molecule has 0 amide bonds. The largest absolute Gasteiger partial charge is 0.310 e. The average molecular weight is 291 g/mol. The first kappa shape index (κ1) is 13.8. The minimum atomic E-state index is 0.0371. The van der Waals surface area contributed by atoms with E-state index in [9.17, 15) is 4.79 Å². The van der Waals surface area contributed by atoms with Crippen LogP contribution in [0.5, 0.6) is 0 Å². The highest BCUT2D eigenvalue weighted by Gasteiger charge is 2.20. The zero-order valence-corrected chi connectivity index (χ0v) is 12.9. The maximum Gasteiger partial charge on any atom is 0.259 e. The van der Waals surface area contributed by atoms with Crippen molar-refractivity contribution in [2.45, 2.75) is 46.1 Å². The third kappa shape index (κ3) is 2.65. The Morgan fingerprint density at radius 3 is 3.05 bits per heavy atom. The summed E-state index contributed by atoms with van der Waals surface area (Å²) in [5.41, 5.74) is 1.29. The van der Waals surface area contributed by atoms with Gasteiger partial charge in [-0.1, -0.05) is 13.8 Å². The molecule has 0 atom stereocenters. The molecule has 2 aromatic heterocycles.